The maximum Gasteiger partial charge on any atom is 0.0399 e. The van der Waals surface area contributed by atoms with Gasteiger partial charge in [0, 0.05) is 22.7 Å². The second-order valence-corrected chi connectivity index (χ2v) is 9.67. The molecule has 1 aliphatic heterocycles. The van der Waals surface area contributed by atoms with Gasteiger partial charge < -0.3 is 4.90 Å². The fraction of sp³-hybridized carbons (Fsp3) is 0.417. The molecular weight excluding hydrogens is 334 g/mol. The number of allylic oxidation sites excluding steroid dienone is 1. The van der Waals surface area contributed by atoms with Crippen LogP contribution < -0.4 is 0 Å². The minimum atomic E-state index is 0.0446. The van der Waals surface area contributed by atoms with Crippen LogP contribution in [0.25, 0.3) is 5.57 Å². The van der Waals surface area contributed by atoms with Gasteiger partial charge >= 0.3 is 0 Å². The summed E-state index contributed by atoms with van der Waals surface area (Å²) in [6.07, 6.45) is 2.39. The van der Waals surface area contributed by atoms with Gasteiger partial charge in [0.25, 0.3) is 0 Å². The van der Waals surface area contributed by atoms with Crippen LogP contribution in [0.5, 0.6) is 0 Å². The third kappa shape index (κ3) is 4.42. The van der Waals surface area contributed by atoms with Gasteiger partial charge in [0.15, 0.2) is 0 Å². The van der Waals surface area contributed by atoms with Crippen molar-refractivity contribution in [2.75, 3.05) is 20.1 Å². The molecule has 1 saturated heterocycles. The number of rotatable bonds is 4. The van der Waals surface area contributed by atoms with Gasteiger partial charge in [0.2, 0.25) is 0 Å². The molecule has 0 N–H and O–H groups in total. The first kappa shape index (κ1) is 19.3. The van der Waals surface area contributed by atoms with Crippen LogP contribution in [0.4, 0.5) is 0 Å². The topological polar surface area (TPSA) is 3.24 Å². The molecule has 0 unspecified atom stereocenters. The maximum atomic E-state index is 2.43. The lowest BCUT2D eigenvalue weighted by Crippen LogP contribution is -2.26. The summed E-state index contributed by atoms with van der Waals surface area (Å²) < 4.78 is 0.0446. The maximum absolute atomic E-state index is 2.43. The van der Waals surface area contributed by atoms with Crippen molar-refractivity contribution in [2.45, 2.75) is 50.2 Å². The molecule has 0 aliphatic carbocycles. The van der Waals surface area contributed by atoms with E-state index in [-0.39, 0.29) is 4.75 Å². The quantitative estimate of drug-likeness (QED) is 0.567. The predicted molar refractivity (Wildman–Crippen MR) is 116 cm³/mol. The van der Waals surface area contributed by atoms with Gasteiger partial charge in [-0.1, -0.05) is 53.6 Å². The molecule has 0 amide bonds. The number of likely N-dealkylation sites (tertiary alicyclic amines) is 1. The lowest BCUT2D eigenvalue weighted by Gasteiger charge is -2.28. The number of nitrogens with zero attached hydrogens (tertiary/aromatic N) is 1. The van der Waals surface area contributed by atoms with E-state index in [9.17, 15) is 0 Å². The van der Waals surface area contributed by atoms with Gasteiger partial charge in [-0.15, -0.1) is 11.8 Å². The molecule has 26 heavy (non-hydrogen) atoms. The number of hydrogen-bond acceptors (Lipinski definition) is 2. The highest BCUT2D eigenvalue weighted by atomic mass is 32.2. The van der Waals surface area contributed by atoms with Crippen molar-refractivity contribution in [2.24, 2.45) is 0 Å². The Bertz CT molecular complexity index is 779. The second-order valence-electron chi connectivity index (χ2n) is 8.01. The first-order chi connectivity index (χ1) is 12.4. The average molecular weight is 366 g/mol. The van der Waals surface area contributed by atoms with Gasteiger partial charge in [-0.3, -0.25) is 0 Å². The van der Waals surface area contributed by atoms with Crippen molar-refractivity contribution in [1.29, 1.82) is 0 Å². The number of benzene rings is 2. The largest absolute Gasteiger partial charge is 0.306 e. The molecular formula is C24H31NS. The van der Waals surface area contributed by atoms with E-state index in [0.29, 0.717) is 0 Å². The Hall–Kier alpha value is -1.51. The summed E-state index contributed by atoms with van der Waals surface area (Å²) in [6.45, 7) is 11.5. The first-order valence-corrected chi connectivity index (χ1v) is 10.4. The zero-order valence-electron chi connectivity index (χ0n) is 16.8. The van der Waals surface area contributed by atoms with Crippen molar-refractivity contribution in [1.82, 2.24) is 4.90 Å². The van der Waals surface area contributed by atoms with Crippen LogP contribution in [0.3, 0.4) is 0 Å². The molecule has 0 saturated carbocycles. The van der Waals surface area contributed by atoms with E-state index in [2.05, 4.69) is 88.2 Å². The lowest BCUT2D eigenvalue weighted by molar-refractivity contribution is 0.313. The molecule has 3 rings (SSSR count). The van der Waals surface area contributed by atoms with Crippen LogP contribution in [0.15, 0.2) is 59.0 Å². The summed E-state index contributed by atoms with van der Waals surface area (Å²) >= 11 is 1.98. The highest BCUT2D eigenvalue weighted by Crippen LogP contribution is 2.44. The molecule has 138 valence electrons. The minimum Gasteiger partial charge on any atom is -0.306 e. The molecule has 1 aliphatic rings. The zero-order chi connectivity index (χ0) is 18.7. The smallest absolute Gasteiger partial charge is 0.0399 e. The van der Waals surface area contributed by atoms with Crippen LogP contribution in [-0.2, 0) is 4.75 Å². The number of hydrogen-bond donors (Lipinski definition) is 0. The standard InChI is InChI=1S/C24H31NS/c1-18-11-12-23(26-24(3,4)21-9-7-6-8-10-21)22(17-18)19(2)20-13-15-25(5)16-14-20/h6-12,17H,13-16H2,1-5H3. The average Bonchev–Trinajstić information content (AvgIpc) is 2.64. The zero-order valence-corrected chi connectivity index (χ0v) is 17.6. The van der Waals surface area contributed by atoms with Crippen molar-refractivity contribution in [3.05, 3.63) is 70.8 Å². The highest BCUT2D eigenvalue weighted by molar-refractivity contribution is 8.00. The van der Waals surface area contributed by atoms with E-state index >= 15 is 0 Å². The number of aryl methyl sites for hydroxylation is 1. The van der Waals surface area contributed by atoms with Crippen LogP contribution in [0, 0.1) is 6.92 Å². The highest BCUT2D eigenvalue weighted by Gasteiger charge is 2.24. The Morgan fingerprint density at radius 2 is 1.65 bits per heavy atom. The summed E-state index contributed by atoms with van der Waals surface area (Å²) in [5, 5.41) is 0. The summed E-state index contributed by atoms with van der Waals surface area (Å²) in [6, 6.07) is 17.8. The Kier molecular flexibility index (Phi) is 5.94. The number of thioether (sulfide) groups is 1. The molecule has 1 fully saturated rings. The molecule has 0 aromatic heterocycles. The molecule has 2 aromatic rings. The van der Waals surface area contributed by atoms with E-state index < -0.39 is 0 Å². The fourth-order valence-corrected chi connectivity index (χ4v) is 4.91. The van der Waals surface area contributed by atoms with E-state index in [0.717, 1.165) is 0 Å². The van der Waals surface area contributed by atoms with E-state index in [4.69, 9.17) is 0 Å². The first-order valence-electron chi connectivity index (χ1n) is 9.59. The summed E-state index contributed by atoms with van der Waals surface area (Å²) in [5.74, 6) is 0. The van der Waals surface area contributed by atoms with Gasteiger partial charge in [0.05, 0.1) is 0 Å². The Morgan fingerprint density at radius 3 is 2.31 bits per heavy atom. The second kappa shape index (κ2) is 8.02. The third-order valence-corrected chi connectivity index (χ3v) is 6.82. The van der Waals surface area contributed by atoms with Crippen LogP contribution in [0.2, 0.25) is 0 Å². The SMILES string of the molecule is CC(=C1CCN(C)CC1)c1cc(C)ccc1SC(C)(C)c1ccccc1. The molecule has 1 heterocycles. The normalized spacial score (nSPS) is 16.0. The Balaban J connectivity index is 1.95. The van der Waals surface area contributed by atoms with E-state index in [1.54, 1.807) is 5.57 Å². The summed E-state index contributed by atoms with van der Waals surface area (Å²) in [4.78, 5) is 3.83. The van der Waals surface area contributed by atoms with Gasteiger partial charge in [-0.25, -0.2) is 0 Å². The Morgan fingerprint density at radius 1 is 1.00 bits per heavy atom. The molecule has 2 heteroatoms. The van der Waals surface area contributed by atoms with Crippen LogP contribution in [-0.4, -0.2) is 25.0 Å². The lowest BCUT2D eigenvalue weighted by atomic mass is 9.93. The van der Waals surface area contributed by atoms with Gasteiger partial charge in [-0.05, 0) is 70.4 Å². The fourth-order valence-electron chi connectivity index (χ4n) is 3.65. The Labute approximate surface area is 163 Å². The number of piperidine rings is 1. The molecule has 0 radical (unpaired) electrons. The molecule has 1 nitrogen and oxygen atoms in total. The van der Waals surface area contributed by atoms with Gasteiger partial charge in [0.1, 0.15) is 0 Å². The van der Waals surface area contributed by atoms with Crippen molar-refractivity contribution >= 4 is 17.3 Å². The predicted octanol–water partition coefficient (Wildman–Crippen LogP) is 6.52. The molecule has 2 aromatic carbocycles. The minimum absolute atomic E-state index is 0.0446. The van der Waals surface area contributed by atoms with E-state index in [1.165, 1.54) is 53.1 Å². The molecule has 0 atom stereocenters. The summed E-state index contributed by atoms with van der Waals surface area (Å²) in [7, 11) is 2.22. The van der Waals surface area contributed by atoms with Crippen molar-refractivity contribution < 1.29 is 0 Å². The monoisotopic (exact) mass is 365 g/mol. The van der Waals surface area contributed by atoms with Gasteiger partial charge in [-0.2, -0.15) is 0 Å². The van der Waals surface area contributed by atoms with Crippen molar-refractivity contribution in [3.8, 4) is 0 Å². The molecule has 0 spiro atoms. The summed E-state index contributed by atoms with van der Waals surface area (Å²) in [5.41, 5.74) is 7.27. The van der Waals surface area contributed by atoms with Crippen molar-refractivity contribution in [3.63, 3.8) is 0 Å². The van der Waals surface area contributed by atoms with E-state index in [1.807, 2.05) is 11.8 Å². The third-order valence-electron chi connectivity index (χ3n) is 5.49. The van der Waals surface area contributed by atoms with Crippen LogP contribution >= 0.6 is 11.8 Å². The van der Waals surface area contributed by atoms with Crippen LogP contribution in [0.1, 0.15) is 50.3 Å². The molecule has 0 bridgehead atoms.